The predicted octanol–water partition coefficient (Wildman–Crippen LogP) is -0.247. The fourth-order valence-electron chi connectivity index (χ4n) is 0.0920. The molecule has 3 nitrogen and oxygen atoms in total. The van der Waals surface area contributed by atoms with Gasteiger partial charge in [-0.1, -0.05) is 0 Å². The number of alkyl halides is 2. The molecule has 9 heavy (non-hydrogen) atoms. The van der Waals surface area contributed by atoms with Gasteiger partial charge in [0.2, 0.25) is 0 Å². The van der Waals surface area contributed by atoms with Crippen LogP contribution in [0.25, 0.3) is 0 Å². The van der Waals surface area contributed by atoms with Gasteiger partial charge in [-0.25, -0.2) is 0 Å². The summed E-state index contributed by atoms with van der Waals surface area (Å²) in [6.45, 7) is -0.677. The van der Waals surface area contributed by atoms with Gasteiger partial charge in [0.15, 0.2) is 5.60 Å². The molecule has 0 fully saturated rings. The smallest absolute Gasteiger partial charge is 0.393 e. The SMILES string of the molecule is CC(O)(CO)C([O])(F)F. The largest absolute Gasteiger partial charge is 0.411 e. The Hall–Kier alpha value is -0.260. The molecule has 1 radical (unpaired) electrons. The van der Waals surface area contributed by atoms with Crippen molar-refractivity contribution in [1.82, 2.24) is 0 Å². The molecular weight excluding hydrogens is 134 g/mol. The summed E-state index contributed by atoms with van der Waals surface area (Å²) in [6.07, 6.45) is -4.50. The molecule has 0 aromatic heterocycles. The summed E-state index contributed by atoms with van der Waals surface area (Å²) in [4.78, 5) is 0. The molecule has 55 valence electrons. The lowest BCUT2D eigenvalue weighted by Gasteiger charge is -2.23. The Morgan fingerprint density at radius 3 is 1.89 bits per heavy atom. The molecule has 0 spiro atoms. The number of hydrogen-bond donors (Lipinski definition) is 2. The molecule has 1 unspecified atom stereocenters. The van der Waals surface area contributed by atoms with Crippen LogP contribution in [0.1, 0.15) is 6.92 Å². The van der Waals surface area contributed by atoms with Gasteiger partial charge in [-0.3, -0.25) is 0 Å². The highest BCUT2D eigenvalue weighted by Gasteiger charge is 2.48. The van der Waals surface area contributed by atoms with Crippen molar-refractivity contribution in [3.8, 4) is 0 Å². The molecule has 0 aromatic carbocycles. The standard InChI is InChI=1S/C4H7F2O3/c1-3(8,2-7)4(5,6)9/h7-8H,2H2,1H3. The second kappa shape index (κ2) is 2.17. The molecule has 1 atom stereocenters. The summed E-state index contributed by atoms with van der Waals surface area (Å²) < 4.78 is 23.1. The number of aliphatic hydroxyl groups is 2. The van der Waals surface area contributed by atoms with E-state index in [0.717, 1.165) is 0 Å². The third kappa shape index (κ3) is 1.85. The monoisotopic (exact) mass is 141 g/mol. The van der Waals surface area contributed by atoms with Crippen molar-refractivity contribution in [2.24, 2.45) is 0 Å². The van der Waals surface area contributed by atoms with E-state index in [1.807, 2.05) is 0 Å². The highest BCUT2D eigenvalue weighted by Crippen LogP contribution is 2.24. The van der Waals surface area contributed by atoms with E-state index in [4.69, 9.17) is 10.2 Å². The Morgan fingerprint density at radius 2 is 1.89 bits per heavy atom. The zero-order valence-corrected chi connectivity index (χ0v) is 4.77. The average Bonchev–Trinajstić information content (AvgIpc) is 1.64. The van der Waals surface area contributed by atoms with E-state index in [1.165, 1.54) is 0 Å². The van der Waals surface area contributed by atoms with Gasteiger partial charge in [-0.2, -0.15) is 13.9 Å². The molecule has 0 amide bonds. The Bertz CT molecular complexity index is 96.5. The number of hydrogen-bond acceptors (Lipinski definition) is 2. The van der Waals surface area contributed by atoms with Gasteiger partial charge >= 0.3 is 6.11 Å². The van der Waals surface area contributed by atoms with Crippen LogP contribution in [0, 0.1) is 0 Å². The van der Waals surface area contributed by atoms with Crippen molar-refractivity contribution < 1.29 is 24.1 Å². The van der Waals surface area contributed by atoms with E-state index < -0.39 is 18.3 Å². The van der Waals surface area contributed by atoms with Crippen LogP contribution in [-0.4, -0.2) is 28.5 Å². The third-order valence-electron chi connectivity index (χ3n) is 0.935. The molecule has 0 bridgehead atoms. The molecule has 0 heterocycles. The molecule has 0 aliphatic rings. The summed E-state index contributed by atoms with van der Waals surface area (Å²) in [5.41, 5.74) is -2.85. The average molecular weight is 141 g/mol. The molecule has 0 aliphatic heterocycles. The van der Waals surface area contributed by atoms with Crippen LogP contribution in [0.5, 0.6) is 0 Å². The molecule has 0 saturated heterocycles. The Morgan fingerprint density at radius 1 is 1.56 bits per heavy atom. The molecule has 0 aliphatic carbocycles. The Labute approximate surface area is 50.5 Å². The van der Waals surface area contributed by atoms with Crippen molar-refractivity contribution in [3.63, 3.8) is 0 Å². The maximum Gasteiger partial charge on any atom is 0.411 e. The quantitative estimate of drug-likeness (QED) is 0.557. The highest BCUT2D eigenvalue weighted by atomic mass is 19.3. The normalized spacial score (nSPS) is 19.3. The molecule has 5 heteroatoms. The van der Waals surface area contributed by atoms with E-state index in [1.54, 1.807) is 0 Å². The second-order valence-electron chi connectivity index (χ2n) is 1.95. The van der Waals surface area contributed by atoms with E-state index in [9.17, 15) is 13.9 Å². The number of rotatable bonds is 2. The minimum Gasteiger partial charge on any atom is -0.393 e. The molecule has 0 saturated carbocycles. The van der Waals surface area contributed by atoms with Crippen molar-refractivity contribution >= 4 is 0 Å². The van der Waals surface area contributed by atoms with E-state index >= 15 is 0 Å². The predicted molar refractivity (Wildman–Crippen MR) is 23.3 cm³/mol. The van der Waals surface area contributed by atoms with Gasteiger partial charge in [0, 0.05) is 0 Å². The minimum atomic E-state index is -4.50. The third-order valence-corrected chi connectivity index (χ3v) is 0.935. The van der Waals surface area contributed by atoms with Crippen LogP contribution in [0.4, 0.5) is 8.78 Å². The first-order valence-electron chi connectivity index (χ1n) is 2.23. The number of halogens is 2. The van der Waals surface area contributed by atoms with Gasteiger partial charge < -0.3 is 10.2 Å². The lowest BCUT2D eigenvalue weighted by atomic mass is 10.1. The van der Waals surface area contributed by atoms with Gasteiger partial charge in [0.05, 0.1) is 6.61 Å². The summed E-state index contributed by atoms with van der Waals surface area (Å²) in [5.74, 6) is 0. The summed E-state index contributed by atoms with van der Waals surface area (Å²) >= 11 is 0. The lowest BCUT2D eigenvalue weighted by Crippen LogP contribution is -2.47. The molecule has 0 rings (SSSR count). The summed E-state index contributed by atoms with van der Waals surface area (Å²) in [5, 5.41) is 26.0. The van der Waals surface area contributed by atoms with Crippen LogP contribution >= 0.6 is 0 Å². The zero-order chi connectivity index (χ0) is 7.71. The fraction of sp³-hybridized carbons (Fsp3) is 1.00. The van der Waals surface area contributed by atoms with Crippen LogP contribution in [0.2, 0.25) is 0 Å². The second-order valence-corrected chi connectivity index (χ2v) is 1.95. The minimum absolute atomic E-state index is 0.569. The Kier molecular flexibility index (Phi) is 2.10. The van der Waals surface area contributed by atoms with Gasteiger partial charge in [0.1, 0.15) is 0 Å². The summed E-state index contributed by atoms with van der Waals surface area (Å²) in [6, 6.07) is 0. The van der Waals surface area contributed by atoms with Gasteiger partial charge in [-0.05, 0) is 6.92 Å². The van der Waals surface area contributed by atoms with Crippen LogP contribution < -0.4 is 0 Å². The molecular formula is C4H7F2O3. The van der Waals surface area contributed by atoms with Crippen molar-refractivity contribution in [2.45, 2.75) is 18.6 Å². The topological polar surface area (TPSA) is 60.4 Å². The van der Waals surface area contributed by atoms with Gasteiger partial charge in [-0.15, -0.1) is 0 Å². The van der Waals surface area contributed by atoms with E-state index in [2.05, 4.69) is 0 Å². The van der Waals surface area contributed by atoms with Crippen LogP contribution in [0.15, 0.2) is 0 Å². The fourth-order valence-corrected chi connectivity index (χ4v) is 0.0920. The van der Waals surface area contributed by atoms with Crippen LogP contribution in [-0.2, 0) is 5.11 Å². The maximum absolute atomic E-state index is 11.5. The maximum atomic E-state index is 11.5. The van der Waals surface area contributed by atoms with Gasteiger partial charge in [0.25, 0.3) is 0 Å². The van der Waals surface area contributed by atoms with E-state index in [-0.39, 0.29) is 0 Å². The van der Waals surface area contributed by atoms with Crippen molar-refractivity contribution in [3.05, 3.63) is 0 Å². The first kappa shape index (κ1) is 8.74. The summed E-state index contributed by atoms with van der Waals surface area (Å²) in [7, 11) is 0. The highest BCUT2D eigenvalue weighted by molar-refractivity contribution is 4.78. The lowest BCUT2D eigenvalue weighted by molar-refractivity contribution is -0.337. The van der Waals surface area contributed by atoms with Crippen molar-refractivity contribution in [1.29, 1.82) is 0 Å². The van der Waals surface area contributed by atoms with Crippen LogP contribution in [0.3, 0.4) is 0 Å². The Balaban J connectivity index is 4.14. The van der Waals surface area contributed by atoms with E-state index in [0.29, 0.717) is 6.92 Å². The first-order valence-corrected chi connectivity index (χ1v) is 2.23. The van der Waals surface area contributed by atoms with Crippen molar-refractivity contribution in [2.75, 3.05) is 6.61 Å². The zero-order valence-electron chi connectivity index (χ0n) is 4.77. The number of aliphatic hydroxyl groups excluding tert-OH is 1. The first-order chi connectivity index (χ1) is 3.81. The molecule has 2 N–H and O–H groups in total. The molecule has 0 aromatic rings.